The van der Waals surface area contributed by atoms with E-state index in [0.29, 0.717) is 6.61 Å². The molecule has 1 aliphatic rings. The first-order valence-electron chi connectivity index (χ1n) is 6.51. The van der Waals surface area contributed by atoms with Gasteiger partial charge >= 0.3 is 6.03 Å². The summed E-state index contributed by atoms with van der Waals surface area (Å²) in [4.78, 5) is 24.4. The fraction of sp³-hybridized carbons (Fsp3) is 0.429. The predicted molar refractivity (Wildman–Crippen MR) is 74.7 cm³/mol. The normalized spacial score (nSPS) is 16.6. The van der Waals surface area contributed by atoms with Gasteiger partial charge in [-0.3, -0.25) is 4.79 Å². The molecule has 108 valence electrons. The maximum atomic E-state index is 11.8. The number of hydrogen-bond acceptors (Lipinski definition) is 3. The van der Waals surface area contributed by atoms with Gasteiger partial charge in [0.2, 0.25) is 5.91 Å². The number of rotatable bonds is 3. The number of carbonyl (C=O) groups excluding carboxylic acids is 2. The van der Waals surface area contributed by atoms with E-state index in [0.717, 1.165) is 17.7 Å². The first-order valence-corrected chi connectivity index (χ1v) is 6.51. The SMILES string of the molecule is CN(C)C(=O)NCC(=O)NC1COc2ccccc2C1. The molecule has 1 aromatic rings. The molecule has 1 aromatic carbocycles. The van der Waals surface area contributed by atoms with Gasteiger partial charge in [0.15, 0.2) is 0 Å². The lowest BCUT2D eigenvalue weighted by molar-refractivity contribution is -0.121. The zero-order valence-corrected chi connectivity index (χ0v) is 11.7. The van der Waals surface area contributed by atoms with Crippen LogP contribution >= 0.6 is 0 Å². The van der Waals surface area contributed by atoms with Gasteiger partial charge in [-0.05, 0) is 18.1 Å². The van der Waals surface area contributed by atoms with Crippen LogP contribution in [0.2, 0.25) is 0 Å². The molecule has 1 aliphatic heterocycles. The standard InChI is InChI=1S/C14H19N3O3/c1-17(2)14(19)15-8-13(18)16-11-7-10-5-3-4-6-12(10)20-9-11/h3-6,11H,7-9H2,1-2H3,(H,15,19)(H,16,18). The number of nitrogens with zero attached hydrogens (tertiary/aromatic N) is 1. The average Bonchev–Trinajstić information content (AvgIpc) is 2.44. The lowest BCUT2D eigenvalue weighted by Gasteiger charge is -2.26. The van der Waals surface area contributed by atoms with Crippen LogP contribution in [-0.4, -0.2) is 50.1 Å². The highest BCUT2D eigenvalue weighted by atomic mass is 16.5. The highest BCUT2D eigenvalue weighted by Gasteiger charge is 2.21. The third-order valence-electron chi connectivity index (χ3n) is 3.05. The Morgan fingerprint density at radius 3 is 2.85 bits per heavy atom. The molecule has 20 heavy (non-hydrogen) atoms. The molecule has 0 spiro atoms. The van der Waals surface area contributed by atoms with E-state index in [-0.39, 0.29) is 24.5 Å². The molecule has 0 aliphatic carbocycles. The molecular weight excluding hydrogens is 258 g/mol. The average molecular weight is 277 g/mol. The van der Waals surface area contributed by atoms with Crippen LogP contribution in [0.4, 0.5) is 4.79 Å². The Morgan fingerprint density at radius 1 is 1.35 bits per heavy atom. The highest BCUT2D eigenvalue weighted by molar-refractivity contribution is 5.83. The molecule has 1 heterocycles. The summed E-state index contributed by atoms with van der Waals surface area (Å²) in [6.45, 7) is 0.416. The minimum absolute atomic E-state index is 0.0326. The molecule has 6 heteroatoms. The van der Waals surface area contributed by atoms with Crippen molar-refractivity contribution < 1.29 is 14.3 Å². The van der Waals surface area contributed by atoms with Crippen molar-refractivity contribution in [3.8, 4) is 5.75 Å². The zero-order valence-electron chi connectivity index (χ0n) is 11.7. The van der Waals surface area contributed by atoms with Crippen LogP contribution in [0.25, 0.3) is 0 Å². The maximum Gasteiger partial charge on any atom is 0.317 e. The number of carbonyl (C=O) groups is 2. The van der Waals surface area contributed by atoms with E-state index in [9.17, 15) is 9.59 Å². The van der Waals surface area contributed by atoms with Crippen LogP contribution in [0, 0.1) is 0 Å². The maximum absolute atomic E-state index is 11.8. The second-order valence-corrected chi connectivity index (χ2v) is 4.94. The minimum Gasteiger partial charge on any atom is -0.491 e. The van der Waals surface area contributed by atoms with Crippen molar-refractivity contribution in [1.82, 2.24) is 15.5 Å². The number of para-hydroxylation sites is 1. The van der Waals surface area contributed by atoms with Gasteiger partial charge in [-0.25, -0.2) is 4.79 Å². The summed E-state index contributed by atoms with van der Waals surface area (Å²) in [5.74, 6) is 0.659. The Labute approximate surface area is 118 Å². The lowest BCUT2D eigenvalue weighted by Crippen LogP contribution is -2.47. The van der Waals surface area contributed by atoms with Crippen LogP contribution in [0.3, 0.4) is 0 Å². The number of urea groups is 1. The molecule has 1 unspecified atom stereocenters. The Hall–Kier alpha value is -2.24. The van der Waals surface area contributed by atoms with E-state index < -0.39 is 0 Å². The second kappa shape index (κ2) is 6.27. The summed E-state index contributed by atoms with van der Waals surface area (Å²) in [6.07, 6.45) is 0.740. The van der Waals surface area contributed by atoms with Crippen molar-refractivity contribution in [3.05, 3.63) is 29.8 Å². The van der Waals surface area contributed by atoms with Crippen LogP contribution in [-0.2, 0) is 11.2 Å². The number of ether oxygens (including phenoxy) is 1. The molecule has 6 nitrogen and oxygen atoms in total. The molecule has 0 aromatic heterocycles. The first-order chi connectivity index (χ1) is 9.56. The first kappa shape index (κ1) is 14.2. The minimum atomic E-state index is -0.287. The van der Waals surface area contributed by atoms with Crippen LogP contribution in [0.15, 0.2) is 24.3 Å². The fourth-order valence-electron chi connectivity index (χ4n) is 2.01. The molecule has 0 bridgehead atoms. The summed E-state index contributed by atoms with van der Waals surface area (Å²) < 4.78 is 5.59. The summed E-state index contributed by atoms with van der Waals surface area (Å²) in [5, 5.41) is 5.38. The van der Waals surface area contributed by atoms with Gasteiger partial charge in [0.25, 0.3) is 0 Å². The molecule has 0 fully saturated rings. The number of fused-ring (bicyclic) bond motifs is 1. The molecule has 1 atom stereocenters. The van der Waals surface area contributed by atoms with Crippen LogP contribution < -0.4 is 15.4 Å². The van der Waals surface area contributed by atoms with Crippen molar-refractivity contribution >= 4 is 11.9 Å². The van der Waals surface area contributed by atoms with Gasteiger partial charge in [-0.1, -0.05) is 18.2 Å². The van der Waals surface area contributed by atoms with Crippen molar-refractivity contribution in [2.75, 3.05) is 27.2 Å². The van der Waals surface area contributed by atoms with Crippen LogP contribution in [0.5, 0.6) is 5.75 Å². The Kier molecular flexibility index (Phi) is 4.45. The third kappa shape index (κ3) is 3.63. The number of hydrogen-bond donors (Lipinski definition) is 2. The number of amides is 3. The third-order valence-corrected chi connectivity index (χ3v) is 3.05. The Balaban J connectivity index is 1.80. The van der Waals surface area contributed by atoms with Crippen molar-refractivity contribution in [2.45, 2.75) is 12.5 Å². The molecule has 0 radical (unpaired) electrons. The van der Waals surface area contributed by atoms with Gasteiger partial charge in [0.1, 0.15) is 12.4 Å². The highest BCUT2D eigenvalue weighted by Crippen LogP contribution is 2.23. The van der Waals surface area contributed by atoms with Gasteiger partial charge in [0.05, 0.1) is 12.6 Å². The second-order valence-electron chi connectivity index (χ2n) is 4.94. The molecule has 0 saturated carbocycles. The summed E-state index contributed by atoms with van der Waals surface area (Å²) >= 11 is 0. The summed E-state index contributed by atoms with van der Waals surface area (Å²) in [5.41, 5.74) is 1.08. The van der Waals surface area contributed by atoms with Gasteiger partial charge in [-0.2, -0.15) is 0 Å². The predicted octanol–water partition coefficient (Wildman–Crippen LogP) is 0.378. The van der Waals surface area contributed by atoms with E-state index in [1.807, 2.05) is 24.3 Å². The van der Waals surface area contributed by atoms with Crippen LogP contribution in [0.1, 0.15) is 5.56 Å². The van der Waals surface area contributed by atoms with E-state index in [1.165, 1.54) is 4.90 Å². The lowest BCUT2D eigenvalue weighted by atomic mass is 10.0. The van der Waals surface area contributed by atoms with E-state index in [4.69, 9.17) is 4.74 Å². The van der Waals surface area contributed by atoms with E-state index in [2.05, 4.69) is 10.6 Å². The van der Waals surface area contributed by atoms with Gasteiger partial charge in [-0.15, -0.1) is 0 Å². The van der Waals surface area contributed by atoms with Gasteiger partial charge in [0, 0.05) is 14.1 Å². The molecule has 2 N–H and O–H groups in total. The molecule has 2 rings (SSSR count). The zero-order chi connectivity index (χ0) is 14.5. The number of nitrogens with one attached hydrogen (secondary N) is 2. The molecule has 3 amide bonds. The summed E-state index contributed by atoms with van der Waals surface area (Å²) in [6, 6.07) is 7.43. The topological polar surface area (TPSA) is 70.7 Å². The smallest absolute Gasteiger partial charge is 0.317 e. The van der Waals surface area contributed by atoms with Gasteiger partial charge < -0.3 is 20.3 Å². The molecular formula is C14H19N3O3. The number of benzene rings is 1. The molecule has 0 saturated heterocycles. The van der Waals surface area contributed by atoms with Crippen molar-refractivity contribution in [3.63, 3.8) is 0 Å². The Bertz CT molecular complexity index is 502. The quantitative estimate of drug-likeness (QED) is 0.839. The Morgan fingerprint density at radius 2 is 2.10 bits per heavy atom. The van der Waals surface area contributed by atoms with E-state index >= 15 is 0 Å². The van der Waals surface area contributed by atoms with Crippen molar-refractivity contribution in [2.24, 2.45) is 0 Å². The largest absolute Gasteiger partial charge is 0.491 e. The monoisotopic (exact) mass is 277 g/mol. The fourth-order valence-corrected chi connectivity index (χ4v) is 2.01. The summed E-state index contributed by atoms with van der Waals surface area (Å²) in [7, 11) is 3.25. The van der Waals surface area contributed by atoms with E-state index in [1.54, 1.807) is 14.1 Å². The van der Waals surface area contributed by atoms with Crippen molar-refractivity contribution in [1.29, 1.82) is 0 Å².